The molecule has 0 fully saturated rings. The Labute approximate surface area is 68.0 Å². The van der Waals surface area contributed by atoms with Crippen LogP contribution in [-0.2, 0) is 0 Å². The molecule has 64 valence electrons. The average Bonchev–Trinajstić information content (AvgIpc) is 1.96. The first-order valence-corrected chi connectivity index (χ1v) is 4.03. The number of hydrogen-bond donors (Lipinski definition) is 2. The van der Waals surface area contributed by atoms with Crippen LogP contribution in [0.15, 0.2) is 0 Å². The lowest BCUT2D eigenvalue weighted by Crippen LogP contribution is -2.25. The zero-order chi connectivity index (χ0) is 8.53. The van der Waals surface area contributed by atoms with Crippen molar-refractivity contribution in [1.29, 1.82) is 5.26 Å². The molecule has 0 aliphatic carbocycles. The summed E-state index contributed by atoms with van der Waals surface area (Å²) >= 11 is 0. The SMILES string of the molecule is CC(O)CNCCCCC#N. The quantitative estimate of drug-likeness (QED) is 0.555. The Hall–Kier alpha value is -0.590. The maximum atomic E-state index is 8.84. The highest BCUT2D eigenvalue weighted by Crippen LogP contribution is 1.91. The second kappa shape index (κ2) is 7.52. The number of hydrogen-bond acceptors (Lipinski definition) is 3. The fourth-order valence-corrected chi connectivity index (χ4v) is 0.765. The Morgan fingerprint density at radius 3 is 2.82 bits per heavy atom. The summed E-state index contributed by atoms with van der Waals surface area (Å²) in [6.07, 6.45) is 2.32. The lowest BCUT2D eigenvalue weighted by Gasteiger charge is -2.04. The van der Waals surface area contributed by atoms with Gasteiger partial charge in [-0.05, 0) is 26.3 Å². The van der Waals surface area contributed by atoms with E-state index in [0.29, 0.717) is 13.0 Å². The number of rotatable bonds is 6. The van der Waals surface area contributed by atoms with E-state index in [1.807, 2.05) is 0 Å². The fourth-order valence-electron chi connectivity index (χ4n) is 0.765. The lowest BCUT2D eigenvalue weighted by molar-refractivity contribution is 0.191. The van der Waals surface area contributed by atoms with Gasteiger partial charge in [0.1, 0.15) is 0 Å². The summed E-state index contributed by atoms with van der Waals surface area (Å²) in [7, 11) is 0. The smallest absolute Gasteiger partial charge is 0.0636 e. The molecule has 11 heavy (non-hydrogen) atoms. The largest absolute Gasteiger partial charge is 0.392 e. The van der Waals surface area contributed by atoms with E-state index in [2.05, 4.69) is 11.4 Å². The highest BCUT2D eigenvalue weighted by atomic mass is 16.3. The van der Waals surface area contributed by atoms with Crippen molar-refractivity contribution in [2.24, 2.45) is 0 Å². The molecule has 0 rings (SSSR count). The minimum absolute atomic E-state index is 0.272. The first kappa shape index (κ1) is 10.4. The first-order chi connectivity index (χ1) is 5.27. The van der Waals surface area contributed by atoms with Gasteiger partial charge < -0.3 is 10.4 Å². The second-order valence-corrected chi connectivity index (χ2v) is 2.67. The van der Waals surface area contributed by atoms with Crippen molar-refractivity contribution in [3.63, 3.8) is 0 Å². The molecule has 0 aromatic carbocycles. The predicted molar refractivity (Wildman–Crippen MR) is 44.0 cm³/mol. The summed E-state index contributed by atoms with van der Waals surface area (Å²) in [4.78, 5) is 0. The number of nitrogens with one attached hydrogen (secondary N) is 1. The summed E-state index contributed by atoms with van der Waals surface area (Å²) in [6, 6.07) is 2.09. The third-order valence-electron chi connectivity index (χ3n) is 1.33. The van der Waals surface area contributed by atoms with Gasteiger partial charge in [0.2, 0.25) is 0 Å². The molecule has 0 saturated carbocycles. The molecule has 0 amide bonds. The van der Waals surface area contributed by atoms with E-state index in [1.165, 1.54) is 0 Å². The van der Waals surface area contributed by atoms with Crippen LogP contribution in [0.5, 0.6) is 0 Å². The van der Waals surface area contributed by atoms with Crippen LogP contribution in [0.2, 0.25) is 0 Å². The molecule has 1 atom stereocenters. The van der Waals surface area contributed by atoms with Gasteiger partial charge in [-0.2, -0.15) is 5.26 Å². The van der Waals surface area contributed by atoms with Gasteiger partial charge in [0, 0.05) is 13.0 Å². The molecule has 0 heterocycles. The molecule has 0 spiro atoms. The van der Waals surface area contributed by atoms with Crippen LogP contribution < -0.4 is 5.32 Å². The van der Waals surface area contributed by atoms with E-state index < -0.39 is 0 Å². The number of unbranched alkanes of at least 4 members (excludes halogenated alkanes) is 2. The highest BCUT2D eigenvalue weighted by Gasteiger charge is 1.92. The number of aliphatic hydroxyl groups excluding tert-OH is 1. The molecule has 1 unspecified atom stereocenters. The average molecular weight is 156 g/mol. The van der Waals surface area contributed by atoms with Crippen LogP contribution in [0.25, 0.3) is 0 Å². The Bertz CT molecular complexity index is 118. The predicted octanol–water partition coefficient (Wildman–Crippen LogP) is 0.651. The van der Waals surface area contributed by atoms with Crippen LogP contribution in [0.4, 0.5) is 0 Å². The van der Waals surface area contributed by atoms with E-state index in [1.54, 1.807) is 6.92 Å². The molecule has 3 nitrogen and oxygen atoms in total. The van der Waals surface area contributed by atoms with Gasteiger partial charge in [-0.25, -0.2) is 0 Å². The molecule has 0 aliphatic heterocycles. The fraction of sp³-hybridized carbons (Fsp3) is 0.875. The highest BCUT2D eigenvalue weighted by molar-refractivity contribution is 4.68. The summed E-state index contributed by atoms with van der Waals surface area (Å²) in [5.74, 6) is 0. The molecule has 0 radical (unpaired) electrons. The molecule has 2 N–H and O–H groups in total. The van der Waals surface area contributed by atoms with Crippen LogP contribution in [-0.4, -0.2) is 24.3 Å². The van der Waals surface area contributed by atoms with Gasteiger partial charge >= 0.3 is 0 Å². The van der Waals surface area contributed by atoms with Crippen molar-refractivity contribution in [1.82, 2.24) is 5.32 Å². The van der Waals surface area contributed by atoms with E-state index >= 15 is 0 Å². The van der Waals surface area contributed by atoms with Crippen molar-refractivity contribution in [3.05, 3.63) is 0 Å². The summed E-state index contributed by atoms with van der Waals surface area (Å²) < 4.78 is 0. The molecular weight excluding hydrogens is 140 g/mol. The third-order valence-corrected chi connectivity index (χ3v) is 1.33. The normalized spacial score (nSPS) is 12.5. The minimum Gasteiger partial charge on any atom is -0.392 e. The number of nitrogens with zero attached hydrogens (tertiary/aromatic N) is 1. The molecule has 0 bridgehead atoms. The van der Waals surface area contributed by atoms with Gasteiger partial charge in [0.25, 0.3) is 0 Å². The molecule has 3 heteroatoms. The zero-order valence-corrected chi connectivity index (χ0v) is 7.01. The van der Waals surface area contributed by atoms with E-state index in [-0.39, 0.29) is 6.10 Å². The Kier molecular flexibility index (Phi) is 7.11. The summed E-state index contributed by atoms with van der Waals surface area (Å²) in [5, 5.41) is 20.1. The molecule has 0 aliphatic rings. The first-order valence-electron chi connectivity index (χ1n) is 4.03. The number of nitriles is 1. The molecular formula is C8H16N2O. The van der Waals surface area contributed by atoms with E-state index in [0.717, 1.165) is 19.4 Å². The van der Waals surface area contributed by atoms with E-state index in [9.17, 15) is 0 Å². The maximum Gasteiger partial charge on any atom is 0.0636 e. The van der Waals surface area contributed by atoms with Gasteiger partial charge in [0.15, 0.2) is 0 Å². The minimum atomic E-state index is -0.272. The second-order valence-electron chi connectivity index (χ2n) is 2.67. The van der Waals surface area contributed by atoms with Crippen molar-refractivity contribution >= 4 is 0 Å². The number of aliphatic hydroxyl groups is 1. The summed E-state index contributed by atoms with van der Waals surface area (Å²) in [5.41, 5.74) is 0. The molecule has 0 aromatic rings. The zero-order valence-electron chi connectivity index (χ0n) is 7.01. The molecule has 0 aromatic heterocycles. The Balaban J connectivity index is 2.86. The lowest BCUT2D eigenvalue weighted by atomic mass is 10.2. The standard InChI is InChI=1S/C8H16N2O/c1-8(11)7-10-6-4-2-3-5-9/h8,10-11H,2-4,6-7H2,1H3. The van der Waals surface area contributed by atoms with Crippen LogP contribution in [0.3, 0.4) is 0 Å². The maximum absolute atomic E-state index is 8.84. The monoisotopic (exact) mass is 156 g/mol. The Morgan fingerprint density at radius 2 is 2.27 bits per heavy atom. The van der Waals surface area contributed by atoms with Crippen molar-refractivity contribution in [3.8, 4) is 6.07 Å². The Morgan fingerprint density at radius 1 is 1.55 bits per heavy atom. The van der Waals surface area contributed by atoms with Crippen LogP contribution >= 0.6 is 0 Å². The van der Waals surface area contributed by atoms with Gasteiger partial charge in [-0.3, -0.25) is 0 Å². The van der Waals surface area contributed by atoms with Crippen molar-refractivity contribution in [2.75, 3.05) is 13.1 Å². The molecule has 0 saturated heterocycles. The topological polar surface area (TPSA) is 56.0 Å². The van der Waals surface area contributed by atoms with Crippen molar-refractivity contribution < 1.29 is 5.11 Å². The van der Waals surface area contributed by atoms with E-state index in [4.69, 9.17) is 10.4 Å². The van der Waals surface area contributed by atoms with Gasteiger partial charge in [-0.15, -0.1) is 0 Å². The van der Waals surface area contributed by atoms with Gasteiger partial charge in [-0.1, -0.05) is 0 Å². The third kappa shape index (κ3) is 9.41. The van der Waals surface area contributed by atoms with Crippen LogP contribution in [0, 0.1) is 11.3 Å². The van der Waals surface area contributed by atoms with Crippen molar-refractivity contribution in [2.45, 2.75) is 32.3 Å². The van der Waals surface area contributed by atoms with Gasteiger partial charge in [0.05, 0.1) is 12.2 Å². The summed E-state index contributed by atoms with van der Waals surface area (Å²) in [6.45, 7) is 3.29. The van der Waals surface area contributed by atoms with Crippen LogP contribution in [0.1, 0.15) is 26.2 Å².